The molecule has 0 saturated carbocycles. The van der Waals surface area contributed by atoms with E-state index >= 15 is 0 Å². The summed E-state index contributed by atoms with van der Waals surface area (Å²) in [6.45, 7) is 1.75. The molecule has 0 aromatic rings. The van der Waals surface area contributed by atoms with Crippen molar-refractivity contribution in [2.75, 3.05) is 0 Å². The number of allylic oxidation sites excluding steroid dienone is 1. The summed E-state index contributed by atoms with van der Waals surface area (Å²) < 4.78 is 0. The van der Waals surface area contributed by atoms with E-state index in [0.717, 1.165) is 5.17 Å². The summed E-state index contributed by atoms with van der Waals surface area (Å²) in [4.78, 5) is 0. The SMILES string of the molecule is CC1=C(N)N(O)NN1. The number of nitrogens with zero attached hydrogens (tertiary/aromatic N) is 1. The molecule has 8 heavy (non-hydrogen) atoms. The molecule has 0 spiro atoms. The minimum absolute atomic E-state index is 0.296. The van der Waals surface area contributed by atoms with Gasteiger partial charge in [0.15, 0.2) is 5.82 Å². The highest BCUT2D eigenvalue weighted by Crippen LogP contribution is 1.99. The van der Waals surface area contributed by atoms with Crippen molar-refractivity contribution in [1.82, 2.24) is 16.1 Å². The van der Waals surface area contributed by atoms with Gasteiger partial charge in [0.2, 0.25) is 0 Å². The zero-order chi connectivity index (χ0) is 6.15. The minimum Gasteiger partial charge on any atom is -0.381 e. The highest BCUT2D eigenvalue weighted by molar-refractivity contribution is 5.05. The Morgan fingerprint density at radius 3 is 2.50 bits per heavy atom. The zero-order valence-corrected chi connectivity index (χ0v) is 4.47. The summed E-state index contributed by atoms with van der Waals surface area (Å²) in [5.41, 5.74) is 10.9. The molecule has 0 bridgehead atoms. The van der Waals surface area contributed by atoms with E-state index in [4.69, 9.17) is 10.9 Å². The standard InChI is InChI=1S/C3H8N4O/c1-2-3(4)7(8)6-5-2/h5-6,8H,4H2,1H3. The fourth-order valence-corrected chi connectivity index (χ4v) is 0.420. The van der Waals surface area contributed by atoms with E-state index in [9.17, 15) is 0 Å². The van der Waals surface area contributed by atoms with Crippen LogP contribution >= 0.6 is 0 Å². The molecule has 46 valence electrons. The second kappa shape index (κ2) is 1.53. The van der Waals surface area contributed by atoms with E-state index < -0.39 is 0 Å². The molecule has 0 atom stereocenters. The van der Waals surface area contributed by atoms with Crippen molar-refractivity contribution in [3.05, 3.63) is 11.5 Å². The van der Waals surface area contributed by atoms with Crippen LogP contribution in [0.2, 0.25) is 0 Å². The molecule has 0 saturated heterocycles. The Morgan fingerprint density at radius 2 is 2.38 bits per heavy atom. The maximum absolute atomic E-state index is 8.64. The second-order valence-corrected chi connectivity index (χ2v) is 1.56. The van der Waals surface area contributed by atoms with Crippen LogP contribution in [0, 0.1) is 0 Å². The van der Waals surface area contributed by atoms with Gasteiger partial charge in [-0.3, -0.25) is 5.21 Å². The van der Waals surface area contributed by atoms with Crippen molar-refractivity contribution >= 4 is 0 Å². The van der Waals surface area contributed by atoms with Crippen LogP contribution in [0.5, 0.6) is 0 Å². The Hall–Kier alpha value is -0.940. The smallest absolute Gasteiger partial charge is 0.164 e. The van der Waals surface area contributed by atoms with Crippen LogP contribution in [-0.4, -0.2) is 10.4 Å². The maximum atomic E-state index is 8.64. The summed E-state index contributed by atoms with van der Waals surface area (Å²) in [5, 5.41) is 9.36. The molecule has 0 aromatic carbocycles. The van der Waals surface area contributed by atoms with E-state index in [1.165, 1.54) is 0 Å². The molecule has 5 N–H and O–H groups in total. The number of hydroxylamine groups is 1. The van der Waals surface area contributed by atoms with E-state index in [1.807, 2.05) is 0 Å². The largest absolute Gasteiger partial charge is 0.381 e. The van der Waals surface area contributed by atoms with E-state index in [0.29, 0.717) is 11.5 Å². The first-order chi connectivity index (χ1) is 3.72. The van der Waals surface area contributed by atoms with Crippen molar-refractivity contribution < 1.29 is 5.21 Å². The van der Waals surface area contributed by atoms with Gasteiger partial charge in [-0.1, -0.05) is 0 Å². The number of hydrazine groups is 2. The minimum atomic E-state index is 0.296. The topological polar surface area (TPSA) is 73.5 Å². The van der Waals surface area contributed by atoms with Gasteiger partial charge < -0.3 is 11.2 Å². The third-order valence-electron chi connectivity index (χ3n) is 0.962. The second-order valence-electron chi connectivity index (χ2n) is 1.56. The Kier molecular flexibility index (Phi) is 0.997. The fourth-order valence-electron chi connectivity index (χ4n) is 0.420. The first kappa shape index (κ1) is 5.20. The summed E-state index contributed by atoms with van der Waals surface area (Å²) >= 11 is 0. The van der Waals surface area contributed by atoms with E-state index in [-0.39, 0.29) is 0 Å². The van der Waals surface area contributed by atoms with Crippen molar-refractivity contribution in [1.29, 1.82) is 0 Å². The lowest BCUT2D eigenvalue weighted by Crippen LogP contribution is -2.36. The van der Waals surface area contributed by atoms with Crippen molar-refractivity contribution in [3.63, 3.8) is 0 Å². The van der Waals surface area contributed by atoms with Crippen LogP contribution in [0.15, 0.2) is 11.5 Å². The molecule has 0 aromatic heterocycles. The zero-order valence-electron chi connectivity index (χ0n) is 4.47. The predicted octanol–water partition coefficient (Wildman–Crippen LogP) is -1.15. The molecule has 0 unspecified atom stereocenters. The Bertz CT molecular complexity index is 131. The summed E-state index contributed by atoms with van der Waals surface area (Å²) in [6, 6.07) is 0. The third kappa shape index (κ3) is 0.573. The van der Waals surface area contributed by atoms with Gasteiger partial charge in [0, 0.05) is 0 Å². The number of hydrogen-bond acceptors (Lipinski definition) is 5. The van der Waals surface area contributed by atoms with Gasteiger partial charge in [0.1, 0.15) is 0 Å². The monoisotopic (exact) mass is 116 g/mol. The Morgan fingerprint density at radius 1 is 1.75 bits per heavy atom. The maximum Gasteiger partial charge on any atom is 0.164 e. The van der Waals surface area contributed by atoms with Crippen LogP contribution in [0.4, 0.5) is 0 Å². The molecular formula is C3H8N4O. The first-order valence-corrected chi connectivity index (χ1v) is 2.19. The van der Waals surface area contributed by atoms with Gasteiger partial charge in [-0.2, -0.15) is 5.17 Å². The Balaban J connectivity index is 2.71. The summed E-state index contributed by atoms with van der Waals surface area (Å²) in [6.07, 6.45) is 0. The first-order valence-electron chi connectivity index (χ1n) is 2.19. The average molecular weight is 116 g/mol. The predicted molar refractivity (Wildman–Crippen MR) is 26.8 cm³/mol. The molecular weight excluding hydrogens is 108 g/mol. The Labute approximate surface area is 46.7 Å². The molecule has 0 fully saturated rings. The molecule has 1 rings (SSSR count). The van der Waals surface area contributed by atoms with Crippen LogP contribution < -0.4 is 16.7 Å². The lowest BCUT2D eigenvalue weighted by molar-refractivity contribution is -0.100. The lowest BCUT2D eigenvalue weighted by atomic mass is 10.5. The van der Waals surface area contributed by atoms with Gasteiger partial charge >= 0.3 is 0 Å². The molecule has 5 heteroatoms. The highest BCUT2D eigenvalue weighted by atomic mass is 16.6. The van der Waals surface area contributed by atoms with Crippen LogP contribution in [0.25, 0.3) is 0 Å². The highest BCUT2D eigenvalue weighted by Gasteiger charge is 2.11. The van der Waals surface area contributed by atoms with Crippen LogP contribution in [0.1, 0.15) is 6.92 Å². The van der Waals surface area contributed by atoms with Gasteiger partial charge in [-0.05, 0) is 6.92 Å². The van der Waals surface area contributed by atoms with Gasteiger partial charge in [-0.15, -0.1) is 5.53 Å². The number of rotatable bonds is 0. The third-order valence-corrected chi connectivity index (χ3v) is 0.962. The molecule has 1 heterocycles. The molecule has 0 radical (unpaired) electrons. The number of nitrogens with two attached hydrogens (primary N) is 1. The van der Waals surface area contributed by atoms with Crippen molar-refractivity contribution in [2.24, 2.45) is 5.73 Å². The average Bonchev–Trinajstić information content (AvgIpc) is 1.98. The van der Waals surface area contributed by atoms with Crippen LogP contribution in [-0.2, 0) is 0 Å². The van der Waals surface area contributed by atoms with Gasteiger partial charge in [-0.25, -0.2) is 0 Å². The molecule has 1 aliphatic rings. The molecule has 0 aliphatic carbocycles. The van der Waals surface area contributed by atoms with Crippen molar-refractivity contribution in [3.8, 4) is 0 Å². The number of nitrogens with one attached hydrogen (secondary N) is 2. The normalized spacial score (nSPS) is 19.5. The number of hydrogen-bond donors (Lipinski definition) is 4. The van der Waals surface area contributed by atoms with E-state index in [2.05, 4.69) is 11.0 Å². The van der Waals surface area contributed by atoms with Crippen molar-refractivity contribution in [2.45, 2.75) is 6.92 Å². The summed E-state index contributed by atoms with van der Waals surface area (Å²) in [7, 11) is 0. The van der Waals surface area contributed by atoms with Gasteiger partial charge in [0.25, 0.3) is 0 Å². The van der Waals surface area contributed by atoms with E-state index in [1.54, 1.807) is 6.92 Å². The van der Waals surface area contributed by atoms with Gasteiger partial charge in [0.05, 0.1) is 5.70 Å². The molecule has 5 nitrogen and oxygen atoms in total. The van der Waals surface area contributed by atoms with Crippen LogP contribution in [0.3, 0.4) is 0 Å². The lowest BCUT2D eigenvalue weighted by Gasteiger charge is -2.06. The fraction of sp³-hybridized carbons (Fsp3) is 0.333. The molecule has 0 amide bonds. The summed E-state index contributed by atoms with van der Waals surface area (Å²) in [5.74, 6) is 0.296. The molecule has 1 aliphatic heterocycles. The quantitative estimate of drug-likeness (QED) is 0.321.